The third kappa shape index (κ3) is 5.18. The number of hydrogen-bond acceptors (Lipinski definition) is 6. The van der Waals surface area contributed by atoms with E-state index in [2.05, 4.69) is 42.7 Å². The fourth-order valence-corrected chi connectivity index (χ4v) is 2.30. The fourth-order valence-electron chi connectivity index (χ4n) is 2.30. The summed E-state index contributed by atoms with van der Waals surface area (Å²) < 4.78 is 3.56. The van der Waals surface area contributed by atoms with Crippen molar-refractivity contribution in [1.82, 2.24) is 9.80 Å². The van der Waals surface area contributed by atoms with Crippen LogP contribution in [0.3, 0.4) is 0 Å². The van der Waals surface area contributed by atoms with Crippen molar-refractivity contribution in [1.29, 1.82) is 0 Å². The second-order valence-corrected chi connectivity index (χ2v) is 4.68. The first-order valence-corrected chi connectivity index (χ1v) is 5.91. The average Bonchev–Trinajstić information content (AvgIpc) is 2.29. The van der Waals surface area contributed by atoms with Gasteiger partial charge in [-0.05, 0) is 21.1 Å². The van der Waals surface area contributed by atoms with Crippen LogP contribution in [0, 0.1) is 0 Å². The Balaban J connectivity index is 0.000000494. The van der Waals surface area contributed by atoms with Crippen molar-refractivity contribution in [2.24, 2.45) is 0 Å². The maximum Gasteiger partial charge on any atom is 0.251 e. The number of rotatable bonds is 2. The lowest BCUT2D eigenvalue weighted by atomic mass is 10.1. The quantitative estimate of drug-likeness (QED) is 0.518. The number of aliphatic hydroxyl groups excluding tert-OH is 1. The molecule has 0 bridgehead atoms. The molecule has 1 aliphatic rings. The fraction of sp³-hybridized carbons (Fsp3) is 0.909. The summed E-state index contributed by atoms with van der Waals surface area (Å²) in [6, 6.07) is 0.330. The second kappa shape index (κ2) is 8.25. The summed E-state index contributed by atoms with van der Waals surface area (Å²) in [5, 5.41) is 18.2. The lowest BCUT2D eigenvalue weighted by Gasteiger charge is -2.44. The van der Waals surface area contributed by atoms with Gasteiger partial charge in [-0.25, -0.2) is 9.80 Å². The van der Waals surface area contributed by atoms with Crippen molar-refractivity contribution in [2.75, 3.05) is 48.5 Å². The number of ether oxygens (including phenoxy) is 1. The van der Waals surface area contributed by atoms with E-state index in [9.17, 15) is 5.11 Å². The minimum atomic E-state index is -1.50. The van der Waals surface area contributed by atoms with Crippen LogP contribution in [-0.4, -0.2) is 81.8 Å². The Morgan fingerprint density at radius 3 is 2.44 bits per heavy atom. The number of hydrogen-bond donors (Lipinski definition) is 2. The van der Waals surface area contributed by atoms with Crippen LogP contribution in [0.4, 0.5) is 4.79 Å². The summed E-state index contributed by atoms with van der Waals surface area (Å²) in [6.07, 6.45) is -0.0145. The van der Waals surface area contributed by atoms with Crippen molar-refractivity contribution < 1.29 is 24.6 Å². The zero-order chi connectivity index (χ0) is 14.3. The van der Waals surface area contributed by atoms with Gasteiger partial charge >= 0.3 is 0 Å². The molecular weight excluding hydrogens is 238 g/mol. The first-order chi connectivity index (χ1) is 8.34. The standard InChI is InChI=1S/C9H21N3O.C2H4O3/c1-10(2)9-11(3)6-5-8(7-13)12(9)4;1-5-2(3)4/h8-9,13H,5-7H2,1-4H3;1H3,(H,3,4). The molecule has 1 heterocycles. The van der Waals surface area contributed by atoms with Gasteiger partial charge in [0, 0.05) is 19.6 Å². The van der Waals surface area contributed by atoms with Crippen LogP contribution in [0.25, 0.3) is 0 Å². The zero-order valence-corrected chi connectivity index (χ0v) is 11.8. The summed E-state index contributed by atoms with van der Waals surface area (Å²) in [5.74, 6) is 0. The first-order valence-electron chi connectivity index (χ1n) is 5.91. The van der Waals surface area contributed by atoms with Crippen molar-refractivity contribution in [3.63, 3.8) is 0 Å². The Morgan fingerprint density at radius 1 is 1.61 bits per heavy atom. The largest absolute Gasteiger partial charge is 0.553 e. The predicted octanol–water partition coefficient (Wildman–Crippen LogP) is -2.98. The Labute approximate surface area is 109 Å². The van der Waals surface area contributed by atoms with Gasteiger partial charge < -0.3 is 24.6 Å². The lowest BCUT2D eigenvalue weighted by Crippen LogP contribution is -3.18. The molecule has 1 aliphatic heterocycles. The van der Waals surface area contributed by atoms with Gasteiger partial charge in [0.05, 0.1) is 20.2 Å². The van der Waals surface area contributed by atoms with Gasteiger partial charge in [-0.15, -0.1) is 0 Å². The molecule has 7 nitrogen and oxygen atoms in total. The van der Waals surface area contributed by atoms with Crippen LogP contribution in [0.15, 0.2) is 0 Å². The Bertz CT molecular complexity index is 250. The number of nitrogens with zero attached hydrogens (tertiary/aromatic N) is 2. The van der Waals surface area contributed by atoms with Crippen molar-refractivity contribution in [2.45, 2.75) is 18.8 Å². The number of carbonyl (C=O) groups excluding carboxylic acids is 1. The third-order valence-electron chi connectivity index (χ3n) is 3.14. The molecule has 3 unspecified atom stereocenters. The molecule has 7 heteroatoms. The summed E-state index contributed by atoms with van der Waals surface area (Å²) in [4.78, 5) is 15.0. The SMILES string of the molecule is CN(C)C1N(C)C(CO)CC[NH+]1C.COC(=O)[O-]. The maximum absolute atomic E-state index is 9.18. The van der Waals surface area contributed by atoms with Crippen LogP contribution in [0.1, 0.15) is 6.42 Å². The van der Waals surface area contributed by atoms with E-state index in [4.69, 9.17) is 9.90 Å². The number of aliphatic hydroxyl groups is 1. The molecule has 0 aliphatic carbocycles. The smallest absolute Gasteiger partial charge is 0.251 e. The number of carbonyl (C=O) groups is 1. The van der Waals surface area contributed by atoms with Crippen LogP contribution in [-0.2, 0) is 4.74 Å². The van der Waals surface area contributed by atoms with E-state index in [0.29, 0.717) is 12.3 Å². The van der Waals surface area contributed by atoms with Gasteiger partial charge in [-0.1, -0.05) is 0 Å². The number of methoxy groups -OCH3 is 1. The Morgan fingerprint density at radius 2 is 2.11 bits per heavy atom. The molecule has 1 rings (SSSR count). The Hall–Kier alpha value is -0.890. The molecule has 1 fully saturated rings. The number of carboxylic acid groups (broad SMARTS) is 1. The third-order valence-corrected chi connectivity index (χ3v) is 3.14. The lowest BCUT2D eigenvalue weighted by molar-refractivity contribution is -0.938. The van der Waals surface area contributed by atoms with Crippen LogP contribution >= 0.6 is 0 Å². The van der Waals surface area contributed by atoms with E-state index in [0.717, 1.165) is 20.1 Å². The highest BCUT2D eigenvalue weighted by atomic mass is 16.6. The topological polar surface area (TPSA) is 80.5 Å². The predicted molar refractivity (Wildman–Crippen MR) is 64.9 cm³/mol. The minimum absolute atomic E-state index is 0.272. The van der Waals surface area contributed by atoms with E-state index in [-0.39, 0.29) is 6.61 Å². The molecule has 0 aromatic carbocycles. The van der Waals surface area contributed by atoms with E-state index in [1.165, 1.54) is 4.90 Å². The maximum atomic E-state index is 9.18. The van der Waals surface area contributed by atoms with E-state index >= 15 is 0 Å². The summed E-state index contributed by atoms with van der Waals surface area (Å²) in [5.41, 5.74) is 0. The zero-order valence-electron chi connectivity index (χ0n) is 11.8. The molecule has 0 saturated carbocycles. The highest BCUT2D eigenvalue weighted by Crippen LogP contribution is 2.07. The molecule has 1 saturated heterocycles. The van der Waals surface area contributed by atoms with Gasteiger partial charge in [-0.2, -0.15) is 0 Å². The minimum Gasteiger partial charge on any atom is -0.553 e. The van der Waals surface area contributed by atoms with Gasteiger partial charge in [0.25, 0.3) is 6.16 Å². The van der Waals surface area contributed by atoms with Crippen molar-refractivity contribution in [3.05, 3.63) is 0 Å². The van der Waals surface area contributed by atoms with E-state index in [1.54, 1.807) is 0 Å². The molecule has 0 amide bonds. The second-order valence-electron chi connectivity index (χ2n) is 4.68. The van der Waals surface area contributed by atoms with Gasteiger partial charge in [0.15, 0.2) is 0 Å². The number of likely N-dealkylation sites (N-methyl/N-ethyl adjacent to an activating group) is 1. The molecule has 0 aromatic rings. The van der Waals surface area contributed by atoms with E-state index in [1.807, 2.05) is 0 Å². The summed E-state index contributed by atoms with van der Waals surface area (Å²) >= 11 is 0. The van der Waals surface area contributed by atoms with E-state index < -0.39 is 6.16 Å². The highest BCUT2D eigenvalue weighted by Gasteiger charge is 2.35. The molecule has 18 heavy (non-hydrogen) atoms. The molecule has 108 valence electrons. The molecular formula is C11H25N3O4. The monoisotopic (exact) mass is 263 g/mol. The average molecular weight is 263 g/mol. The molecule has 0 radical (unpaired) electrons. The van der Waals surface area contributed by atoms with Crippen molar-refractivity contribution in [3.8, 4) is 0 Å². The van der Waals surface area contributed by atoms with Crippen LogP contribution in [0.2, 0.25) is 0 Å². The first kappa shape index (κ1) is 17.1. The molecule has 0 aromatic heterocycles. The molecule has 0 spiro atoms. The van der Waals surface area contributed by atoms with Gasteiger partial charge in [0.2, 0.25) is 6.29 Å². The van der Waals surface area contributed by atoms with Crippen LogP contribution < -0.4 is 10.0 Å². The number of nitrogens with one attached hydrogen (secondary N) is 1. The highest BCUT2D eigenvalue weighted by molar-refractivity contribution is 5.53. The Kier molecular flexibility index (Phi) is 7.85. The summed E-state index contributed by atoms with van der Waals surface area (Å²) in [6.45, 7) is 1.41. The summed E-state index contributed by atoms with van der Waals surface area (Å²) in [7, 11) is 9.51. The van der Waals surface area contributed by atoms with Gasteiger partial charge in [0.1, 0.15) is 0 Å². The normalized spacial score (nSPS) is 28.5. The van der Waals surface area contributed by atoms with Crippen LogP contribution in [0.5, 0.6) is 0 Å². The van der Waals surface area contributed by atoms with Gasteiger partial charge in [-0.3, -0.25) is 0 Å². The molecule has 2 N–H and O–H groups in total. The molecule has 3 atom stereocenters. The number of quaternary nitrogens is 1. The van der Waals surface area contributed by atoms with Crippen molar-refractivity contribution >= 4 is 6.16 Å².